The number of hydrogen-bond acceptors (Lipinski definition) is 7. The smallest absolute Gasteiger partial charge is 0.263 e. The maximum Gasteiger partial charge on any atom is 0.263 e. The molecule has 27 heavy (non-hydrogen) atoms. The Hall–Kier alpha value is -2.97. The minimum Gasteiger partial charge on any atom is -0.431 e. The number of hydrogen-bond donors (Lipinski definition) is 0. The van der Waals surface area contributed by atoms with E-state index in [0.717, 1.165) is 16.7 Å². The fourth-order valence-electron chi connectivity index (χ4n) is 2.72. The van der Waals surface area contributed by atoms with Gasteiger partial charge in [-0.3, -0.25) is 0 Å². The van der Waals surface area contributed by atoms with Crippen molar-refractivity contribution in [3.05, 3.63) is 65.4 Å². The number of benzene rings is 2. The van der Waals surface area contributed by atoms with Crippen molar-refractivity contribution in [3.8, 4) is 0 Å². The summed E-state index contributed by atoms with van der Waals surface area (Å²) in [6, 6.07) is 15.2. The summed E-state index contributed by atoms with van der Waals surface area (Å²) in [5.41, 5.74) is 3.69. The molecule has 0 fully saturated rings. The Balaban J connectivity index is 1.51. The number of oxazole rings is 1. The first-order valence-corrected chi connectivity index (χ1v) is 9.28. The highest BCUT2D eigenvalue weighted by atomic mass is 35.5. The SMILES string of the molecule is Clc1ccccc1Cn1nnc2c(Sc3nc4ccccc4o3)ncnc21. The van der Waals surface area contributed by atoms with Crippen molar-refractivity contribution in [1.82, 2.24) is 29.9 Å². The van der Waals surface area contributed by atoms with Crippen LogP contribution in [0.15, 0.2) is 69.5 Å². The van der Waals surface area contributed by atoms with Gasteiger partial charge in [0.2, 0.25) is 0 Å². The number of fused-ring (bicyclic) bond motifs is 2. The van der Waals surface area contributed by atoms with Crippen LogP contribution < -0.4 is 0 Å². The van der Waals surface area contributed by atoms with Crippen molar-refractivity contribution in [2.75, 3.05) is 0 Å². The Bertz CT molecular complexity index is 1230. The molecule has 3 heterocycles. The molecule has 0 saturated heterocycles. The molecule has 0 aliphatic heterocycles. The van der Waals surface area contributed by atoms with Gasteiger partial charge in [0.1, 0.15) is 16.9 Å². The van der Waals surface area contributed by atoms with E-state index in [4.69, 9.17) is 16.0 Å². The lowest BCUT2D eigenvalue weighted by Gasteiger charge is -2.04. The van der Waals surface area contributed by atoms with E-state index in [2.05, 4.69) is 25.3 Å². The number of rotatable bonds is 4. The van der Waals surface area contributed by atoms with Gasteiger partial charge in [0.15, 0.2) is 16.7 Å². The third kappa shape index (κ3) is 3.02. The Kier molecular flexibility index (Phi) is 3.99. The fourth-order valence-corrected chi connectivity index (χ4v) is 3.68. The first kappa shape index (κ1) is 16.2. The summed E-state index contributed by atoms with van der Waals surface area (Å²) in [6.45, 7) is 0.472. The highest BCUT2D eigenvalue weighted by molar-refractivity contribution is 7.99. The summed E-state index contributed by atoms with van der Waals surface area (Å²) >= 11 is 7.55. The molecule has 5 rings (SSSR count). The molecule has 5 aromatic rings. The number of para-hydroxylation sites is 2. The molecule has 0 saturated carbocycles. The van der Waals surface area contributed by atoms with E-state index in [9.17, 15) is 0 Å². The normalized spacial score (nSPS) is 11.4. The lowest BCUT2D eigenvalue weighted by Crippen LogP contribution is -2.03. The van der Waals surface area contributed by atoms with E-state index in [1.54, 1.807) is 4.68 Å². The largest absolute Gasteiger partial charge is 0.431 e. The van der Waals surface area contributed by atoms with Gasteiger partial charge in [0.05, 0.1) is 6.54 Å². The van der Waals surface area contributed by atoms with Crippen molar-refractivity contribution in [3.63, 3.8) is 0 Å². The van der Waals surface area contributed by atoms with E-state index in [1.807, 2.05) is 48.5 Å². The molecule has 132 valence electrons. The quantitative estimate of drug-likeness (QED) is 0.422. The standard InChI is InChI=1S/C18H11ClN6OS/c19-12-6-2-1-5-11(12)9-25-16-15(23-24-25)17(21-10-20-16)27-18-22-13-7-3-4-8-14(13)26-18/h1-8,10H,9H2. The van der Waals surface area contributed by atoms with Gasteiger partial charge in [0.25, 0.3) is 5.22 Å². The molecule has 0 unspecified atom stereocenters. The lowest BCUT2D eigenvalue weighted by atomic mass is 10.2. The van der Waals surface area contributed by atoms with Crippen LogP contribution in [-0.4, -0.2) is 29.9 Å². The Morgan fingerprint density at radius 3 is 2.78 bits per heavy atom. The predicted molar refractivity (Wildman–Crippen MR) is 102 cm³/mol. The zero-order chi connectivity index (χ0) is 18.2. The maximum atomic E-state index is 6.25. The van der Waals surface area contributed by atoms with Crippen molar-refractivity contribution < 1.29 is 4.42 Å². The third-order valence-corrected chi connectivity index (χ3v) is 5.21. The molecule has 0 radical (unpaired) electrons. The minimum absolute atomic E-state index is 0.472. The van der Waals surface area contributed by atoms with Gasteiger partial charge in [-0.1, -0.05) is 47.1 Å². The van der Waals surface area contributed by atoms with E-state index in [0.29, 0.717) is 33.0 Å². The first-order chi connectivity index (χ1) is 13.3. The van der Waals surface area contributed by atoms with Crippen LogP contribution in [0.25, 0.3) is 22.3 Å². The fraction of sp³-hybridized carbons (Fsp3) is 0.0556. The van der Waals surface area contributed by atoms with Gasteiger partial charge in [-0.2, -0.15) is 0 Å². The number of halogens is 1. The molecule has 0 amide bonds. The maximum absolute atomic E-state index is 6.25. The second kappa shape index (κ2) is 6.64. The third-order valence-electron chi connectivity index (χ3n) is 4.00. The Morgan fingerprint density at radius 1 is 1.04 bits per heavy atom. The zero-order valence-electron chi connectivity index (χ0n) is 13.8. The molecule has 0 spiro atoms. The van der Waals surface area contributed by atoms with Gasteiger partial charge < -0.3 is 4.42 Å². The highest BCUT2D eigenvalue weighted by Gasteiger charge is 2.16. The second-order valence-corrected chi connectivity index (χ2v) is 7.09. The minimum atomic E-state index is 0.472. The van der Waals surface area contributed by atoms with Crippen LogP contribution in [-0.2, 0) is 6.54 Å². The molecule has 9 heteroatoms. The summed E-state index contributed by atoms with van der Waals surface area (Å²) < 4.78 is 7.46. The topological polar surface area (TPSA) is 82.5 Å². The molecule has 3 aromatic heterocycles. The monoisotopic (exact) mass is 394 g/mol. The van der Waals surface area contributed by atoms with E-state index in [1.165, 1.54) is 18.1 Å². The van der Waals surface area contributed by atoms with Gasteiger partial charge in [-0.15, -0.1) is 5.10 Å². The molecule has 0 atom stereocenters. The van der Waals surface area contributed by atoms with Crippen LogP contribution >= 0.6 is 23.4 Å². The van der Waals surface area contributed by atoms with Crippen LogP contribution in [0.5, 0.6) is 0 Å². The number of nitrogens with zero attached hydrogens (tertiary/aromatic N) is 6. The average molecular weight is 395 g/mol. The summed E-state index contributed by atoms with van der Waals surface area (Å²) in [4.78, 5) is 13.1. The van der Waals surface area contributed by atoms with E-state index >= 15 is 0 Å². The van der Waals surface area contributed by atoms with Crippen LogP contribution in [0.1, 0.15) is 5.56 Å². The highest BCUT2D eigenvalue weighted by Crippen LogP contribution is 2.31. The summed E-state index contributed by atoms with van der Waals surface area (Å²) in [5.74, 6) is 0. The van der Waals surface area contributed by atoms with Gasteiger partial charge in [-0.05, 0) is 35.5 Å². The predicted octanol–water partition coefficient (Wildman–Crippen LogP) is 4.22. The average Bonchev–Trinajstić information content (AvgIpc) is 3.28. The summed E-state index contributed by atoms with van der Waals surface area (Å²) in [6.07, 6.45) is 1.49. The van der Waals surface area contributed by atoms with Crippen LogP contribution in [0.2, 0.25) is 5.02 Å². The molecule has 0 bridgehead atoms. The van der Waals surface area contributed by atoms with Crippen molar-refractivity contribution in [1.29, 1.82) is 0 Å². The molecular weight excluding hydrogens is 384 g/mol. The van der Waals surface area contributed by atoms with Gasteiger partial charge >= 0.3 is 0 Å². The van der Waals surface area contributed by atoms with Crippen molar-refractivity contribution >= 4 is 45.6 Å². The van der Waals surface area contributed by atoms with Gasteiger partial charge in [-0.25, -0.2) is 19.6 Å². The molecule has 0 N–H and O–H groups in total. The lowest BCUT2D eigenvalue weighted by molar-refractivity contribution is 0.489. The Morgan fingerprint density at radius 2 is 1.89 bits per heavy atom. The van der Waals surface area contributed by atoms with Crippen LogP contribution in [0.4, 0.5) is 0 Å². The molecule has 2 aromatic carbocycles. The van der Waals surface area contributed by atoms with Crippen LogP contribution in [0, 0.1) is 0 Å². The molecule has 7 nitrogen and oxygen atoms in total. The summed E-state index contributed by atoms with van der Waals surface area (Å²) in [7, 11) is 0. The summed E-state index contributed by atoms with van der Waals surface area (Å²) in [5, 5.41) is 10.3. The molecule has 0 aliphatic carbocycles. The van der Waals surface area contributed by atoms with Crippen molar-refractivity contribution in [2.24, 2.45) is 0 Å². The van der Waals surface area contributed by atoms with Crippen LogP contribution in [0.3, 0.4) is 0 Å². The molecule has 0 aliphatic rings. The molecular formula is C18H11ClN6OS. The zero-order valence-corrected chi connectivity index (χ0v) is 15.4. The van der Waals surface area contributed by atoms with Gasteiger partial charge in [0, 0.05) is 5.02 Å². The Labute approximate surface area is 162 Å². The second-order valence-electron chi connectivity index (χ2n) is 5.74. The number of aromatic nitrogens is 6. The first-order valence-electron chi connectivity index (χ1n) is 8.09. The van der Waals surface area contributed by atoms with E-state index in [-0.39, 0.29) is 0 Å². The van der Waals surface area contributed by atoms with E-state index < -0.39 is 0 Å². The van der Waals surface area contributed by atoms with Crippen molar-refractivity contribution in [2.45, 2.75) is 16.8 Å².